The van der Waals surface area contributed by atoms with Crippen molar-refractivity contribution >= 4 is 0 Å². The van der Waals surface area contributed by atoms with Gasteiger partial charge in [-0.15, -0.1) is 0 Å². The van der Waals surface area contributed by atoms with Crippen molar-refractivity contribution in [1.29, 1.82) is 0 Å². The predicted octanol–water partition coefficient (Wildman–Crippen LogP) is 1.27. The third-order valence-electron chi connectivity index (χ3n) is 4.17. The number of hydrogen-bond donors (Lipinski definition) is 1. The first-order valence-corrected chi connectivity index (χ1v) is 7.75. The zero-order valence-corrected chi connectivity index (χ0v) is 13.3. The fourth-order valence-corrected chi connectivity index (χ4v) is 2.78. The smallest absolute Gasteiger partial charge is 0.0630 e. The van der Waals surface area contributed by atoms with Gasteiger partial charge >= 0.3 is 0 Å². The van der Waals surface area contributed by atoms with Gasteiger partial charge in [-0.25, -0.2) is 0 Å². The number of methoxy groups -OCH3 is 1. The van der Waals surface area contributed by atoms with E-state index >= 15 is 0 Å². The maximum absolute atomic E-state index is 5.37. The molecule has 0 aromatic rings. The number of hydrogen-bond acceptors (Lipinski definition) is 4. The summed E-state index contributed by atoms with van der Waals surface area (Å²) in [5, 5.41) is 3.52. The van der Waals surface area contributed by atoms with E-state index in [4.69, 9.17) is 4.74 Å². The van der Waals surface area contributed by atoms with E-state index < -0.39 is 0 Å². The van der Waals surface area contributed by atoms with Crippen molar-refractivity contribution in [2.45, 2.75) is 32.2 Å². The molecule has 0 amide bonds. The summed E-state index contributed by atoms with van der Waals surface area (Å²) >= 11 is 0. The molecule has 4 nitrogen and oxygen atoms in total. The molecule has 0 aromatic carbocycles. The summed E-state index contributed by atoms with van der Waals surface area (Å²) in [6.45, 7) is 8.87. The minimum Gasteiger partial charge on any atom is -0.383 e. The lowest BCUT2D eigenvalue weighted by Gasteiger charge is -2.35. The molecule has 0 aromatic heterocycles. The van der Waals surface area contributed by atoms with Gasteiger partial charge < -0.3 is 15.0 Å². The summed E-state index contributed by atoms with van der Waals surface area (Å²) in [5.74, 6) is 0.853. The first-order valence-electron chi connectivity index (χ1n) is 7.75. The van der Waals surface area contributed by atoms with E-state index in [-0.39, 0.29) is 0 Å². The molecule has 4 heteroatoms. The molecule has 1 atom stereocenters. The zero-order valence-electron chi connectivity index (χ0n) is 13.3. The number of nitrogens with zero attached hydrogens (tertiary/aromatic N) is 2. The highest BCUT2D eigenvalue weighted by molar-refractivity contribution is 4.77. The fourth-order valence-electron chi connectivity index (χ4n) is 2.78. The Hall–Kier alpha value is -0.160. The van der Waals surface area contributed by atoms with Gasteiger partial charge in [-0.05, 0) is 58.9 Å². The average molecular weight is 271 g/mol. The maximum atomic E-state index is 5.37. The standard InChI is InChI=1S/C15H33N3O/c1-5-8-16-11-15(13-19-4)18(3)12-14-6-9-17(2)10-7-14/h14-16H,5-13H2,1-4H3. The summed E-state index contributed by atoms with van der Waals surface area (Å²) in [5.41, 5.74) is 0. The van der Waals surface area contributed by atoms with Crippen LogP contribution in [0.5, 0.6) is 0 Å². The SMILES string of the molecule is CCCNCC(COC)N(C)CC1CCN(C)CC1. The van der Waals surface area contributed by atoms with Gasteiger partial charge in [0.25, 0.3) is 0 Å². The second kappa shape index (κ2) is 9.70. The third-order valence-corrected chi connectivity index (χ3v) is 4.17. The van der Waals surface area contributed by atoms with Crippen molar-refractivity contribution in [3.05, 3.63) is 0 Å². The van der Waals surface area contributed by atoms with E-state index in [2.05, 4.69) is 36.1 Å². The summed E-state index contributed by atoms with van der Waals surface area (Å²) in [4.78, 5) is 4.92. The molecule has 1 heterocycles. The lowest BCUT2D eigenvalue weighted by molar-refractivity contribution is 0.0845. The van der Waals surface area contributed by atoms with Crippen LogP contribution in [0.1, 0.15) is 26.2 Å². The van der Waals surface area contributed by atoms with Gasteiger partial charge in [0, 0.05) is 26.2 Å². The van der Waals surface area contributed by atoms with Gasteiger partial charge in [0.1, 0.15) is 0 Å². The summed E-state index contributed by atoms with van der Waals surface area (Å²) in [6.07, 6.45) is 3.87. The molecule has 0 spiro atoms. The number of piperidine rings is 1. The van der Waals surface area contributed by atoms with Crippen LogP contribution in [0, 0.1) is 5.92 Å². The molecule has 19 heavy (non-hydrogen) atoms. The van der Waals surface area contributed by atoms with Crippen LogP contribution >= 0.6 is 0 Å². The number of likely N-dealkylation sites (N-methyl/N-ethyl adjacent to an activating group) is 1. The first kappa shape index (κ1) is 16.9. The van der Waals surface area contributed by atoms with E-state index in [1.165, 1.54) is 38.9 Å². The van der Waals surface area contributed by atoms with E-state index in [1.807, 2.05) is 0 Å². The Morgan fingerprint density at radius 3 is 2.63 bits per heavy atom. The van der Waals surface area contributed by atoms with Crippen molar-refractivity contribution in [2.75, 3.05) is 60.5 Å². The van der Waals surface area contributed by atoms with Crippen LogP contribution in [0.4, 0.5) is 0 Å². The molecule has 0 aliphatic carbocycles. The lowest BCUT2D eigenvalue weighted by atomic mass is 9.96. The Bertz CT molecular complexity index is 217. The summed E-state index contributed by atoms with van der Waals surface area (Å²) in [7, 11) is 6.27. The van der Waals surface area contributed by atoms with Crippen LogP contribution in [0.15, 0.2) is 0 Å². The minimum absolute atomic E-state index is 0.496. The molecule has 0 bridgehead atoms. The van der Waals surface area contributed by atoms with Crippen LogP contribution < -0.4 is 5.32 Å². The second-order valence-electron chi connectivity index (χ2n) is 6.00. The van der Waals surface area contributed by atoms with Crippen LogP contribution in [-0.2, 0) is 4.74 Å². The van der Waals surface area contributed by atoms with Gasteiger partial charge in [-0.1, -0.05) is 6.92 Å². The molecule has 1 fully saturated rings. The van der Waals surface area contributed by atoms with Gasteiger partial charge in [-0.2, -0.15) is 0 Å². The molecular formula is C15H33N3O. The molecule has 1 unspecified atom stereocenters. The largest absolute Gasteiger partial charge is 0.383 e. The van der Waals surface area contributed by atoms with Crippen molar-refractivity contribution in [3.63, 3.8) is 0 Å². The number of ether oxygens (including phenoxy) is 1. The quantitative estimate of drug-likeness (QED) is 0.639. The van der Waals surface area contributed by atoms with E-state index in [0.29, 0.717) is 6.04 Å². The Kier molecular flexibility index (Phi) is 8.62. The monoisotopic (exact) mass is 271 g/mol. The number of likely N-dealkylation sites (tertiary alicyclic amines) is 1. The highest BCUT2D eigenvalue weighted by Crippen LogP contribution is 2.17. The van der Waals surface area contributed by atoms with Crippen LogP contribution in [0.25, 0.3) is 0 Å². The Morgan fingerprint density at radius 1 is 1.37 bits per heavy atom. The van der Waals surface area contributed by atoms with E-state index in [9.17, 15) is 0 Å². The summed E-state index contributed by atoms with van der Waals surface area (Å²) < 4.78 is 5.37. The van der Waals surface area contributed by atoms with Crippen LogP contribution in [-0.4, -0.2) is 76.4 Å². The second-order valence-corrected chi connectivity index (χ2v) is 6.00. The zero-order chi connectivity index (χ0) is 14.1. The van der Waals surface area contributed by atoms with Crippen LogP contribution in [0.2, 0.25) is 0 Å². The lowest BCUT2D eigenvalue weighted by Crippen LogP contribution is -2.46. The molecule has 1 aliphatic rings. The number of rotatable bonds is 9. The Morgan fingerprint density at radius 2 is 2.05 bits per heavy atom. The highest BCUT2D eigenvalue weighted by atomic mass is 16.5. The summed E-state index contributed by atoms with van der Waals surface area (Å²) in [6, 6.07) is 0.496. The Labute approximate surface area is 119 Å². The predicted molar refractivity (Wildman–Crippen MR) is 81.7 cm³/mol. The first-order chi connectivity index (χ1) is 9.17. The van der Waals surface area contributed by atoms with Gasteiger partial charge in [0.05, 0.1) is 6.61 Å². The normalized spacial score (nSPS) is 20.1. The maximum Gasteiger partial charge on any atom is 0.0630 e. The minimum atomic E-state index is 0.496. The van der Waals surface area contributed by atoms with Crippen molar-refractivity contribution in [3.8, 4) is 0 Å². The number of nitrogens with one attached hydrogen (secondary N) is 1. The third kappa shape index (κ3) is 6.70. The van der Waals surface area contributed by atoms with Gasteiger partial charge in [0.15, 0.2) is 0 Å². The molecule has 1 rings (SSSR count). The molecular weight excluding hydrogens is 238 g/mol. The molecule has 1 N–H and O–H groups in total. The Balaban J connectivity index is 2.31. The molecule has 114 valence electrons. The van der Waals surface area contributed by atoms with Crippen molar-refractivity contribution in [1.82, 2.24) is 15.1 Å². The van der Waals surface area contributed by atoms with E-state index in [0.717, 1.165) is 25.6 Å². The van der Waals surface area contributed by atoms with Crippen LogP contribution in [0.3, 0.4) is 0 Å². The average Bonchev–Trinajstić information content (AvgIpc) is 2.40. The topological polar surface area (TPSA) is 27.7 Å². The highest BCUT2D eigenvalue weighted by Gasteiger charge is 2.21. The fraction of sp³-hybridized carbons (Fsp3) is 1.00. The van der Waals surface area contributed by atoms with E-state index in [1.54, 1.807) is 7.11 Å². The van der Waals surface area contributed by atoms with Crippen molar-refractivity contribution < 1.29 is 4.74 Å². The molecule has 0 radical (unpaired) electrons. The van der Waals surface area contributed by atoms with Gasteiger partial charge in [0.2, 0.25) is 0 Å². The molecule has 1 aliphatic heterocycles. The molecule has 1 saturated heterocycles. The molecule has 0 saturated carbocycles. The van der Waals surface area contributed by atoms with Gasteiger partial charge in [-0.3, -0.25) is 4.90 Å². The van der Waals surface area contributed by atoms with Crippen molar-refractivity contribution in [2.24, 2.45) is 5.92 Å².